The molecular weight excluding hydrogens is 424 g/mol. The molecule has 0 saturated carbocycles. The molecule has 3 aromatic carbocycles. The number of hydrogen-bond acceptors (Lipinski definition) is 2. The highest BCUT2D eigenvalue weighted by Gasteiger charge is 2.18. The van der Waals surface area contributed by atoms with Crippen LogP contribution in [0.3, 0.4) is 0 Å². The highest BCUT2D eigenvalue weighted by molar-refractivity contribution is 9.10. The molecule has 1 N–H and O–H groups in total. The Balaban J connectivity index is 1.71. The van der Waals surface area contributed by atoms with Crippen LogP contribution in [0, 0.1) is 0 Å². The van der Waals surface area contributed by atoms with Crippen LogP contribution in [0.25, 0.3) is 11.0 Å². The predicted octanol–water partition coefficient (Wildman–Crippen LogP) is 5.78. The second-order valence-corrected chi connectivity index (χ2v) is 7.79. The molecule has 0 bridgehead atoms. The standard InChI is InChI=1S/C22H18BrClN2O/c23-16-11-9-15(10-12-16)14-26-20-8-4-3-7-19(20)25-22(26)13-21(27)17-5-1-2-6-18(17)24/h1-12,21,27H,13-14H2/t21-/m0/s1. The van der Waals surface area contributed by atoms with Crippen LogP contribution >= 0.6 is 27.5 Å². The van der Waals surface area contributed by atoms with Crippen molar-refractivity contribution < 1.29 is 5.11 Å². The van der Waals surface area contributed by atoms with E-state index in [9.17, 15) is 5.11 Å². The van der Waals surface area contributed by atoms with Crippen LogP contribution in [0.15, 0.2) is 77.3 Å². The first-order valence-electron chi connectivity index (χ1n) is 8.73. The van der Waals surface area contributed by atoms with E-state index in [0.717, 1.165) is 26.9 Å². The van der Waals surface area contributed by atoms with Gasteiger partial charge in [0.05, 0.1) is 17.1 Å². The Morgan fingerprint density at radius 3 is 2.44 bits per heavy atom. The number of benzene rings is 3. The van der Waals surface area contributed by atoms with Crippen molar-refractivity contribution in [2.75, 3.05) is 0 Å². The van der Waals surface area contributed by atoms with E-state index in [1.807, 2.05) is 48.5 Å². The zero-order valence-corrected chi connectivity index (χ0v) is 16.9. The molecule has 5 heteroatoms. The molecule has 0 saturated heterocycles. The van der Waals surface area contributed by atoms with Gasteiger partial charge in [-0.05, 0) is 41.5 Å². The van der Waals surface area contributed by atoms with Gasteiger partial charge in [-0.3, -0.25) is 0 Å². The minimum Gasteiger partial charge on any atom is -0.388 e. The zero-order valence-electron chi connectivity index (χ0n) is 14.5. The van der Waals surface area contributed by atoms with Gasteiger partial charge in [0.25, 0.3) is 0 Å². The molecule has 0 aliphatic carbocycles. The number of halogens is 2. The molecule has 0 spiro atoms. The van der Waals surface area contributed by atoms with Crippen molar-refractivity contribution in [1.82, 2.24) is 9.55 Å². The van der Waals surface area contributed by atoms with Gasteiger partial charge in [0.2, 0.25) is 0 Å². The molecule has 0 unspecified atom stereocenters. The van der Waals surface area contributed by atoms with E-state index in [4.69, 9.17) is 16.6 Å². The molecule has 136 valence electrons. The van der Waals surface area contributed by atoms with Gasteiger partial charge in [-0.1, -0.05) is 70.0 Å². The number of fused-ring (bicyclic) bond motifs is 1. The van der Waals surface area contributed by atoms with Crippen LogP contribution in [-0.4, -0.2) is 14.7 Å². The van der Waals surface area contributed by atoms with Crippen molar-refractivity contribution in [3.63, 3.8) is 0 Å². The lowest BCUT2D eigenvalue weighted by atomic mass is 10.1. The van der Waals surface area contributed by atoms with Crippen LogP contribution < -0.4 is 0 Å². The fourth-order valence-electron chi connectivity index (χ4n) is 3.26. The fourth-order valence-corrected chi connectivity index (χ4v) is 3.78. The molecule has 3 nitrogen and oxygen atoms in total. The first-order valence-corrected chi connectivity index (χ1v) is 9.90. The normalized spacial score (nSPS) is 12.4. The molecule has 0 radical (unpaired) electrons. The van der Waals surface area contributed by atoms with Gasteiger partial charge in [0.1, 0.15) is 5.82 Å². The third-order valence-corrected chi connectivity index (χ3v) is 5.50. The smallest absolute Gasteiger partial charge is 0.113 e. The summed E-state index contributed by atoms with van der Waals surface area (Å²) < 4.78 is 3.22. The average Bonchev–Trinajstić information content (AvgIpc) is 3.01. The van der Waals surface area contributed by atoms with Gasteiger partial charge >= 0.3 is 0 Å². The van der Waals surface area contributed by atoms with Crippen LogP contribution in [0.2, 0.25) is 5.02 Å². The Morgan fingerprint density at radius 1 is 0.963 bits per heavy atom. The van der Waals surface area contributed by atoms with Gasteiger partial charge in [-0.15, -0.1) is 0 Å². The second-order valence-electron chi connectivity index (χ2n) is 6.47. The van der Waals surface area contributed by atoms with E-state index in [0.29, 0.717) is 18.0 Å². The van der Waals surface area contributed by atoms with E-state index in [2.05, 4.69) is 38.7 Å². The molecule has 0 fully saturated rings. The molecule has 1 atom stereocenters. The maximum absolute atomic E-state index is 10.8. The minimum atomic E-state index is -0.709. The van der Waals surface area contributed by atoms with Crippen molar-refractivity contribution in [2.45, 2.75) is 19.1 Å². The van der Waals surface area contributed by atoms with Gasteiger partial charge in [0, 0.05) is 22.5 Å². The number of rotatable bonds is 5. The van der Waals surface area contributed by atoms with E-state index in [-0.39, 0.29) is 0 Å². The van der Waals surface area contributed by atoms with Crippen LogP contribution in [0.1, 0.15) is 23.1 Å². The number of nitrogens with zero attached hydrogens (tertiary/aromatic N) is 2. The predicted molar refractivity (Wildman–Crippen MR) is 113 cm³/mol. The van der Waals surface area contributed by atoms with Crippen molar-refractivity contribution in [3.8, 4) is 0 Å². The summed E-state index contributed by atoms with van der Waals surface area (Å²) in [5.41, 5.74) is 3.88. The summed E-state index contributed by atoms with van der Waals surface area (Å²) in [6.45, 7) is 0.693. The third-order valence-electron chi connectivity index (χ3n) is 4.63. The number of aromatic nitrogens is 2. The summed E-state index contributed by atoms with van der Waals surface area (Å²) in [6.07, 6.45) is -0.311. The highest BCUT2D eigenvalue weighted by Crippen LogP contribution is 2.27. The molecular formula is C22H18BrClN2O. The van der Waals surface area contributed by atoms with E-state index in [1.54, 1.807) is 6.07 Å². The van der Waals surface area contributed by atoms with Crippen LogP contribution in [0.5, 0.6) is 0 Å². The molecule has 4 rings (SSSR count). The maximum Gasteiger partial charge on any atom is 0.113 e. The minimum absolute atomic E-state index is 0.398. The third kappa shape index (κ3) is 3.93. The summed E-state index contributed by atoms with van der Waals surface area (Å²) in [4.78, 5) is 4.77. The van der Waals surface area contributed by atoms with Crippen molar-refractivity contribution in [1.29, 1.82) is 0 Å². The Kier molecular flexibility index (Phi) is 5.30. The van der Waals surface area contributed by atoms with E-state index in [1.165, 1.54) is 5.56 Å². The lowest BCUT2D eigenvalue weighted by Crippen LogP contribution is -2.10. The zero-order chi connectivity index (χ0) is 18.8. The Hall–Kier alpha value is -2.14. The molecule has 1 aromatic heterocycles. The van der Waals surface area contributed by atoms with Crippen LogP contribution in [0.4, 0.5) is 0 Å². The summed E-state index contributed by atoms with van der Waals surface area (Å²) >= 11 is 9.74. The molecule has 4 aromatic rings. The van der Waals surface area contributed by atoms with E-state index < -0.39 is 6.10 Å². The summed E-state index contributed by atoms with van der Waals surface area (Å²) in [5.74, 6) is 0.839. The first-order chi connectivity index (χ1) is 13.1. The second kappa shape index (κ2) is 7.85. The van der Waals surface area contributed by atoms with Gasteiger partial charge in [-0.25, -0.2) is 4.98 Å². The molecule has 0 amide bonds. The average molecular weight is 442 g/mol. The van der Waals surface area contributed by atoms with Crippen molar-refractivity contribution >= 4 is 38.6 Å². The molecule has 0 aliphatic rings. The van der Waals surface area contributed by atoms with Crippen molar-refractivity contribution in [2.24, 2.45) is 0 Å². The van der Waals surface area contributed by atoms with Gasteiger partial charge < -0.3 is 9.67 Å². The lowest BCUT2D eigenvalue weighted by molar-refractivity contribution is 0.175. The van der Waals surface area contributed by atoms with Crippen molar-refractivity contribution in [3.05, 3.63) is 99.2 Å². The SMILES string of the molecule is O[C@@H](Cc1nc2ccccc2n1Cc1ccc(Br)cc1)c1ccccc1Cl. The number of aliphatic hydroxyl groups excluding tert-OH is 1. The van der Waals surface area contributed by atoms with Gasteiger partial charge in [-0.2, -0.15) is 0 Å². The molecule has 27 heavy (non-hydrogen) atoms. The number of para-hydroxylation sites is 2. The lowest BCUT2D eigenvalue weighted by Gasteiger charge is -2.14. The Morgan fingerprint density at radius 2 is 1.67 bits per heavy atom. The fraction of sp³-hybridized carbons (Fsp3) is 0.136. The Bertz CT molecular complexity index is 1080. The summed E-state index contributed by atoms with van der Waals surface area (Å²) in [7, 11) is 0. The summed E-state index contributed by atoms with van der Waals surface area (Å²) in [5, 5.41) is 11.3. The number of imidazole rings is 1. The maximum atomic E-state index is 10.8. The summed E-state index contributed by atoms with van der Waals surface area (Å²) in [6, 6.07) is 23.7. The topological polar surface area (TPSA) is 38.1 Å². The van der Waals surface area contributed by atoms with E-state index >= 15 is 0 Å². The number of hydrogen-bond donors (Lipinski definition) is 1. The first kappa shape index (κ1) is 18.2. The largest absolute Gasteiger partial charge is 0.388 e. The monoisotopic (exact) mass is 440 g/mol. The Labute approximate surface area is 171 Å². The molecule has 0 aliphatic heterocycles. The quantitative estimate of drug-likeness (QED) is 0.426. The highest BCUT2D eigenvalue weighted by atomic mass is 79.9. The molecule has 1 heterocycles. The van der Waals surface area contributed by atoms with Gasteiger partial charge in [0.15, 0.2) is 0 Å². The van der Waals surface area contributed by atoms with Crippen LogP contribution in [-0.2, 0) is 13.0 Å². The number of aliphatic hydroxyl groups is 1.